The number of rotatable bonds is 19. The number of aryl methyl sites for hydroxylation is 1. The van der Waals surface area contributed by atoms with Gasteiger partial charge in [-0.3, -0.25) is 28.9 Å². The highest BCUT2D eigenvalue weighted by atomic mass is 127. The highest BCUT2D eigenvalue weighted by Crippen LogP contribution is 2.17. The molecule has 0 spiro atoms. The number of nitrogens with zero attached hydrogens (tertiary/aromatic N) is 1. The first-order chi connectivity index (χ1) is 23.8. The molecule has 1 saturated heterocycles. The minimum absolute atomic E-state index is 0.0378. The molecule has 0 unspecified atom stereocenters. The number of aliphatic hydroxyl groups is 1. The molecule has 2 aromatic carbocycles. The van der Waals surface area contributed by atoms with Crippen LogP contribution >= 0.6 is 22.6 Å². The summed E-state index contributed by atoms with van der Waals surface area (Å²) in [6.07, 6.45) is 1.26. The molecule has 50 heavy (non-hydrogen) atoms. The van der Waals surface area contributed by atoms with Gasteiger partial charge < -0.3 is 31.1 Å². The number of nitrogens with one attached hydrogen (secondary N) is 4. The number of Topliss-reactive ketones (excluding diaryl/α,β-unsaturated/α-hetero) is 1. The molecule has 0 aliphatic carbocycles. The summed E-state index contributed by atoms with van der Waals surface area (Å²) in [4.78, 5) is 69.1. The molecule has 1 fully saturated rings. The minimum atomic E-state index is -1.64. The lowest BCUT2D eigenvalue weighted by Gasteiger charge is -2.29. The molecule has 13 heteroatoms. The fraction of sp³-hybridized carbons (Fsp3) is 0.541. The van der Waals surface area contributed by atoms with Gasteiger partial charge in [-0.1, -0.05) is 97.1 Å². The predicted molar refractivity (Wildman–Crippen MR) is 200 cm³/mol. The van der Waals surface area contributed by atoms with E-state index in [1.807, 2.05) is 102 Å². The second-order valence-electron chi connectivity index (χ2n) is 13.5. The van der Waals surface area contributed by atoms with Gasteiger partial charge in [-0.2, -0.15) is 0 Å². The minimum Gasteiger partial charge on any atom is -0.381 e. The second kappa shape index (κ2) is 20.4. The number of ketones is 1. The lowest BCUT2D eigenvalue weighted by Crippen LogP contribution is -2.59. The summed E-state index contributed by atoms with van der Waals surface area (Å²) in [5.74, 6) is -2.48. The number of amides is 4. The van der Waals surface area contributed by atoms with Crippen molar-refractivity contribution in [1.82, 2.24) is 26.2 Å². The van der Waals surface area contributed by atoms with Crippen LogP contribution in [0.5, 0.6) is 0 Å². The third kappa shape index (κ3) is 13.7. The number of hydrogen-bond donors (Lipinski definition) is 5. The molecule has 0 aromatic heterocycles. The number of halogens is 1. The van der Waals surface area contributed by atoms with Crippen LogP contribution in [0.15, 0.2) is 60.7 Å². The van der Waals surface area contributed by atoms with E-state index in [1.165, 1.54) is 13.8 Å². The van der Waals surface area contributed by atoms with E-state index in [4.69, 9.17) is 4.74 Å². The lowest BCUT2D eigenvalue weighted by molar-refractivity contribution is -0.139. The molecule has 0 bridgehead atoms. The first-order valence-corrected chi connectivity index (χ1v) is 18.7. The summed E-state index contributed by atoms with van der Waals surface area (Å²) in [5.41, 5.74) is 0.140. The van der Waals surface area contributed by atoms with E-state index in [9.17, 15) is 29.1 Å². The quantitative estimate of drug-likeness (QED) is 0.106. The van der Waals surface area contributed by atoms with E-state index >= 15 is 0 Å². The predicted octanol–water partition coefficient (Wildman–Crippen LogP) is 1.95. The molecular formula is C37H52IN5O7. The van der Waals surface area contributed by atoms with Gasteiger partial charge in [0.2, 0.25) is 23.6 Å². The van der Waals surface area contributed by atoms with Crippen molar-refractivity contribution in [1.29, 1.82) is 0 Å². The first kappa shape index (κ1) is 41.0. The molecule has 12 nitrogen and oxygen atoms in total. The SMILES string of the molecule is CC(C)C[C@H](NC(=O)[C@H](Cc1ccccc1)NC(=O)[C@H](C)NC(=O)[C@H](CCc1ccccc1)NC(=O)CN1CCOCC1)C(=O)[C@](C)(O)CI. The van der Waals surface area contributed by atoms with Gasteiger partial charge in [0.05, 0.1) is 25.8 Å². The van der Waals surface area contributed by atoms with Crippen molar-refractivity contribution in [3.8, 4) is 0 Å². The number of carbonyl (C=O) groups excluding carboxylic acids is 5. The molecule has 2 aromatic rings. The molecule has 274 valence electrons. The van der Waals surface area contributed by atoms with E-state index in [2.05, 4.69) is 21.3 Å². The van der Waals surface area contributed by atoms with Crippen LogP contribution in [0, 0.1) is 5.92 Å². The molecule has 5 atom stereocenters. The number of benzene rings is 2. The Kier molecular flexibility index (Phi) is 16.8. The molecule has 5 N–H and O–H groups in total. The highest BCUT2D eigenvalue weighted by Gasteiger charge is 2.37. The molecule has 0 saturated carbocycles. The van der Waals surface area contributed by atoms with Crippen molar-refractivity contribution >= 4 is 52.0 Å². The van der Waals surface area contributed by atoms with E-state index in [1.54, 1.807) is 0 Å². The van der Waals surface area contributed by atoms with E-state index in [0.29, 0.717) is 45.6 Å². The average Bonchev–Trinajstić information content (AvgIpc) is 3.10. The zero-order chi connectivity index (χ0) is 36.7. The molecule has 0 radical (unpaired) electrons. The smallest absolute Gasteiger partial charge is 0.243 e. The summed E-state index contributed by atoms with van der Waals surface area (Å²) < 4.78 is 5.51. The van der Waals surface area contributed by atoms with Gasteiger partial charge in [-0.15, -0.1) is 0 Å². The maximum atomic E-state index is 13.7. The Balaban J connectivity index is 1.73. The summed E-state index contributed by atoms with van der Waals surface area (Å²) in [5, 5.41) is 21.8. The summed E-state index contributed by atoms with van der Waals surface area (Å²) >= 11 is 1.93. The van der Waals surface area contributed by atoms with E-state index in [0.717, 1.165) is 11.1 Å². The Hall–Kier alpha value is -3.40. The number of morpholine rings is 1. The molecule has 1 aliphatic heterocycles. The van der Waals surface area contributed by atoms with E-state index in [-0.39, 0.29) is 29.2 Å². The molecule has 4 amide bonds. The van der Waals surface area contributed by atoms with Crippen molar-refractivity contribution < 1.29 is 33.8 Å². The zero-order valence-electron chi connectivity index (χ0n) is 29.5. The van der Waals surface area contributed by atoms with Crippen LogP contribution in [0.1, 0.15) is 51.7 Å². The average molecular weight is 806 g/mol. The largest absolute Gasteiger partial charge is 0.381 e. The normalized spacial score (nSPS) is 17.0. The van der Waals surface area contributed by atoms with Crippen LogP contribution in [-0.4, -0.2) is 106 Å². The number of hydrogen-bond acceptors (Lipinski definition) is 8. The molecule has 1 heterocycles. The van der Waals surface area contributed by atoms with Crippen molar-refractivity contribution in [2.24, 2.45) is 5.92 Å². The summed E-state index contributed by atoms with van der Waals surface area (Å²) in [6, 6.07) is 14.7. The Bertz CT molecular complexity index is 1400. The van der Waals surface area contributed by atoms with Gasteiger partial charge in [0, 0.05) is 23.9 Å². The number of alkyl halides is 1. The second-order valence-corrected chi connectivity index (χ2v) is 14.2. The fourth-order valence-corrected chi connectivity index (χ4v) is 5.95. The van der Waals surface area contributed by atoms with Crippen LogP contribution in [0.2, 0.25) is 0 Å². The highest BCUT2D eigenvalue weighted by molar-refractivity contribution is 14.1. The van der Waals surface area contributed by atoms with Gasteiger partial charge in [-0.25, -0.2) is 0 Å². The van der Waals surface area contributed by atoms with Crippen molar-refractivity contribution in [3.63, 3.8) is 0 Å². The van der Waals surface area contributed by atoms with Gasteiger partial charge in [0.15, 0.2) is 5.78 Å². The Morgan fingerprint density at radius 3 is 1.94 bits per heavy atom. The van der Waals surface area contributed by atoms with Crippen LogP contribution in [0.3, 0.4) is 0 Å². The molecular weight excluding hydrogens is 753 g/mol. The van der Waals surface area contributed by atoms with Crippen LogP contribution in [0.4, 0.5) is 0 Å². The van der Waals surface area contributed by atoms with Crippen LogP contribution in [-0.2, 0) is 41.6 Å². The van der Waals surface area contributed by atoms with Gasteiger partial charge in [0.25, 0.3) is 0 Å². The van der Waals surface area contributed by atoms with Crippen LogP contribution < -0.4 is 21.3 Å². The first-order valence-electron chi connectivity index (χ1n) is 17.2. The van der Waals surface area contributed by atoms with Crippen molar-refractivity contribution in [2.45, 2.75) is 83.1 Å². The third-order valence-corrected chi connectivity index (χ3v) is 9.97. The van der Waals surface area contributed by atoms with Crippen LogP contribution in [0.25, 0.3) is 0 Å². The molecule has 3 rings (SSSR count). The maximum Gasteiger partial charge on any atom is 0.243 e. The standard InChI is InChI=1S/C37H52IN5O7/c1-25(2)21-30(33(45)37(4,49)24-38)41-36(48)31(22-28-13-9-6-10-14-28)42-34(46)26(3)39-35(47)29(16-15-27-11-7-5-8-12-27)40-32(44)23-43-17-19-50-20-18-43/h5-14,25-26,29-31,49H,15-24H2,1-4H3,(H,39,47)(H,40,44)(H,41,48)(H,42,46)/t26-,29-,30-,31-,37+/m0/s1. The summed E-state index contributed by atoms with van der Waals surface area (Å²) in [7, 11) is 0. The van der Waals surface area contributed by atoms with Gasteiger partial charge in [0.1, 0.15) is 23.7 Å². The van der Waals surface area contributed by atoms with Gasteiger partial charge >= 0.3 is 0 Å². The Morgan fingerprint density at radius 2 is 1.36 bits per heavy atom. The lowest BCUT2D eigenvalue weighted by atomic mass is 9.91. The van der Waals surface area contributed by atoms with Crippen molar-refractivity contribution in [3.05, 3.63) is 71.8 Å². The monoisotopic (exact) mass is 805 g/mol. The molecule has 1 aliphatic rings. The third-order valence-electron chi connectivity index (χ3n) is 8.49. The zero-order valence-corrected chi connectivity index (χ0v) is 31.6. The number of ether oxygens (including phenoxy) is 1. The number of carbonyl (C=O) groups is 5. The Morgan fingerprint density at radius 1 is 0.800 bits per heavy atom. The Labute approximate surface area is 309 Å². The van der Waals surface area contributed by atoms with E-state index < -0.39 is 53.3 Å². The topological polar surface area (TPSA) is 166 Å². The fourth-order valence-electron chi connectivity index (χ4n) is 5.58. The maximum absolute atomic E-state index is 13.7. The summed E-state index contributed by atoms with van der Waals surface area (Å²) in [6.45, 7) is 9.20. The van der Waals surface area contributed by atoms with Crippen molar-refractivity contribution in [2.75, 3.05) is 37.3 Å². The van der Waals surface area contributed by atoms with Gasteiger partial charge in [-0.05, 0) is 50.2 Å².